The number of anilines is 1. The summed E-state index contributed by atoms with van der Waals surface area (Å²) in [4.78, 5) is 11.4. The van der Waals surface area contributed by atoms with Crippen LogP contribution in [0, 0.1) is 6.92 Å². The Morgan fingerprint density at radius 1 is 1.50 bits per heavy atom. The smallest absolute Gasteiger partial charge is 0.411 e. The van der Waals surface area contributed by atoms with E-state index >= 15 is 0 Å². The summed E-state index contributed by atoms with van der Waals surface area (Å²) in [6.07, 6.45) is 3.47. The molecule has 0 aliphatic carbocycles. The van der Waals surface area contributed by atoms with E-state index in [0.29, 0.717) is 6.61 Å². The molecular weight excluding hydrogens is 202 g/mol. The van der Waals surface area contributed by atoms with Crippen molar-refractivity contribution in [2.75, 3.05) is 11.9 Å². The lowest BCUT2D eigenvalue weighted by molar-refractivity contribution is 0.168. The zero-order valence-corrected chi connectivity index (χ0v) is 9.91. The summed E-state index contributed by atoms with van der Waals surface area (Å²) in [5.74, 6) is 0. The van der Waals surface area contributed by atoms with E-state index in [9.17, 15) is 4.79 Å². The quantitative estimate of drug-likeness (QED) is 0.843. The van der Waals surface area contributed by atoms with Gasteiger partial charge < -0.3 is 4.74 Å². The largest absolute Gasteiger partial charge is 0.450 e. The molecule has 0 aromatic heterocycles. The highest BCUT2D eigenvalue weighted by Crippen LogP contribution is 2.22. The first kappa shape index (κ1) is 12.3. The van der Waals surface area contributed by atoms with Crippen LogP contribution in [0.2, 0.25) is 0 Å². The van der Waals surface area contributed by atoms with Crippen LogP contribution in [0.5, 0.6) is 0 Å². The van der Waals surface area contributed by atoms with E-state index in [-0.39, 0.29) is 0 Å². The number of allylic oxidation sites excluding steroid dienone is 1. The molecule has 1 rings (SSSR count). The van der Waals surface area contributed by atoms with Crippen molar-refractivity contribution in [2.24, 2.45) is 0 Å². The van der Waals surface area contributed by atoms with Gasteiger partial charge in [-0.05, 0) is 31.9 Å². The topological polar surface area (TPSA) is 38.3 Å². The van der Waals surface area contributed by atoms with E-state index < -0.39 is 6.09 Å². The van der Waals surface area contributed by atoms with E-state index in [1.165, 1.54) is 0 Å². The molecule has 86 valence electrons. The van der Waals surface area contributed by atoms with Crippen LogP contribution in [0.1, 0.15) is 25.0 Å². The monoisotopic (exact) mass is 219 g/mol. The summed E-state index contributed by atoms with van der Waals surface area (Å²) < 4.78 is 4.86. The van der Waals surface area contributed by atoms with Crippen molar-refractivity contribution in [1.82, 2.24) is 0 Å². The Morgan fingerprint density at radius 3 is 2.88 bits per heavy atom. The molecule has 3 nitrogen and oxygen atoms in total. The Hall–Kier alpha value is -1.77. The van der Waals surface area contributed by atoms with Crippen molar-refractivity contribution >= 4 is 17.9 Å². The molecule has 1 aromatic rings. The lowest BCUT2D eigenvalue weighted by Gasteiger charge is -2.11. The van der Waals surface area contributed by atoms with Gasteiger partial charge in [-0.15, -0.1) is 0 Å². The van der Waals surface area contributed by atoms with Crippen LogP contribution in [0.3, 0.4) is 0 Å². The maximum Gasteiger partial charge on any atom is 0.411 e. The molecule has 0 atom stereocenters. The highest BCUT2D eigenvalue weighted by atomic mass is 16.5. The zero-order valence-electron chi connectivity index (χ0n) is 9.91. The number of nitrogens with one attached hydrogen (secondary N) is 1. The molecule has 3 heteroatoms. The number of benzene rings is 1. The van der Waals surface area contributed by atoms with Crippen molar-refractivity contribution in [1.29, 1.82) is 0 Å². The van der Waals surface area contributed by atoms with Crippen LogP contribution in [0.15, 0.2) is 24.3 Å². The predicted octanol–water partition coefficient (Wildman–Crippen LogP) is 3.60. The van der Waals surface area contributed by atoms with E-state index in [2.05, 4.69) is 5.32 Å². The minimum Gasteiger partial charge on any atom is -0.450 e. The normalized spacial score (nSPS) is 10.4. The number of rotatable bonds is 3. The lowest BCUT2D eigenvalue weighted by atomic mass is 10.1. The maximum atomic E-state index is 11.4. The number of hydrogen-bond donors (Lipinski definition) is 1. The van der Waals surface area contributed by atoms with Gasteiger partial charge in [0.2, 0.25) is 0 Å². The number of carbonyl (C=O) groups excluding carboxylic acids is 1. The molecule has 0 unspecified atom stereocenters. The Labute approximate surface area is 96.1 Å². The number of amides is 1. The van der Waals surface area contributed by atoms with E-state index in [1.54, 1.807) is 6.92 Å². The molecule has 0 spiro atoms. The SMILES string of the molecule is CC=Cc1cccc(C)c1NC(=O)OCC. The first-order valence-corrected chi connectivity index (χ1v) is 5.35. The molecule has 1 aromatic carbocycles. The Bertz CT molecular complexity index is 397. The Kier molecular flexibility index (Phi) is 4.58. The van der Waals surface area contributed by atoms with Gasteiger partial charge in [0.05, 0.1) is 12.3 Å². The van der Waals surface area contributed by atoms with Crippen LogP contribution in [-0.4, -0.2) is 12.7 Å². The highest BCUT2D eigenvalue weighted by Gasteiger charge is 2.07. The maximum absolute atomic E-state index is 11.4. The van der Waals surface area contributed by atoms with Crippen molar-refractivity contribution in [2.45, 2.75) is 20.8 Å². The third-order valence-corrected chi connectivity index (χ3v) is 2.15. The minimum atomic E-state index is -0.414. The summed E-state index contributed by atoms with van der Waals surface area (Å²) in [6, 6.07) is 5.87. The number of para-hydroxylation sites is 1. The molecule has 0 bridgehead atoms. The van der Waals surface area contributed by atoms with Gasteiger partial charge in [0.1, 0.15) is 0 Å². The third-order valence-electron chi connectivity index (χ3n) is 2.15. The highest BCUT2D eigenvalue weighted by molar-refractivity contribution is 5.89. The molecule has 1 N–H and O–H groups in total. The number of carbonyl (C=O) groups is 1. The van der Waals surface area contributed by atoms with Crippen molar-refractivity contribution in [3.05, 3.63) is 35.4 Å². The minimum absolute atomic E-state index is 0.372. The van der Waals surface area contributed by atoms with E-state index in [4.69, 9.17) is 4.74 Å². The molecule has 0 radical (unpaired) electrons. The van der Waals surface area contributed by atoms with E-state index in [1.807, 2.05) is 44.2 Å². The lowest BCUT2D eigenvalue weighted by Crippen LogP contribution is -2.14. The number of hydrogen-bond acceptors (Lipinski definition) is 2. The summed E-state index contributed by atoms with van der Waals surface area (Å²) in [7, 11) is 0. The van der Waals surface area contributed by atoms with Gasteiger partial charge in [0.25, 0.3) is 0 Å². The summed E-state index contributed by atoms with van der Waals surface area (Å²) >= 11 is 0. The van der Waals surface area contributed by atoms with Crippen molar-refractivity contribution in [3.8, 4) is 0 Å². The zero-order chi connectivity index (χ0) is 12.0. The van der Waals surface area contributed by atoms with Crippen LogP contribution in [0.25, 0.3) is 6.08 Å². The fraction of sp³-hybridized carbons (Fsp3) is 0.308. The third kappa shape index (κ3) is 3.12. The number of ether oxygens (including phenoxy) is 1. The van der Waals surface area contributed by atoms with Gasteiger partial charge in [-0.3, -0.25) is 5.32 Å². The van der Waals surface area contributed by atoms with Crippen LogP contribution in [-0.2, 0) is 4.74 Å². The summed E-state index contributed by atoms with van der Waals surface area (Å²) in [5.41, 5.74) is 2.80. The van der Waals surface area contributed by atoms with Crippen LogP contribution in [0.4, 0.5) is 10.5 Å². The fourth-order valence-corrected chi connectivity index (χ4v) is 1.45. The van der Waals surface area contributed by atoms with Gasteiger partial charge in [-0.2, -0.15) is 0 Å². The van der Waals surface area contributed by atoms with Crippen LogP contribution < -0.4 is 5.32 Å². The molecule has 0 fully saturated rings. The van der Waals surface area contributed by atoms with Crippen LogP contribution >= 0.6 is 0 Å². The second kappa shape index (κ2) is 5.95. The van der Waals surface area contributed by atoms with Crippen molar-refractivity contribution < 1.29 is 9.53 Å². The van der Waals surface area contributed by atoms with Gasteiger partial charge in [0.15, 0.2) is 0 Å². The molecule has 0 saturated carbocycles. The van der Waals surface area contributed by atoms with Gasteiger partial charge in [0, 0.05) is 0 Å². The first-order valence-electron chi connectivity index (χ1n) is 5.35. The van der Waals surface area contributed by atoms with Gasteiger partial charge >= 0.3 is 6.09 Å². The average Bonchev–Trinajstić information content (AvgIpc) is 2.24. The van der Waals surface area contributed by atoms with Crippen molar-refractivity contribution in [3.63, 3.8) is 0 Å². The number of aryl methyl sites for hydroxylation is 1. The molecular formula is C13H17NO2. The predicted molar refractivity (Wildman–Crippen MR) is 66.5 cm³/mol. The first-order chi connectivity index (χ1) is 7.69. The fourth-order valence-electron chi connectivity index (χ4n) is 1.45. The second-order valence-corrected chi connectivity index (χ2v) is 3.38. The molecule has 0 heterocycles. The average molecular weight is 219 g/mol. The summed E-state index contributed by atoms with van der Waals surface area (Å²) in [5, 5.41) is 2.75. The van der Waals surface area contributed by atoms with Gasteiger partial charge in [-0.1, -0.05) is 30.4 Å². The van der Waals surface area contributed by atoms with Gasteiger partial charge in [-0.25, -0.2) is 4.79 Å². The summed E-state index contributed by atoms with van der Waals surface area (Å²) in [6.45, 7) is 6.05. The Morgan fingerprint density at radius 2 is 2.25 bits per heavy atom. The van der Waals surface area contributed by atoms with E-state index in [0.717, 1.165) is 16.8 Å². The molecule has 0 aliphatic heterocycles. The molecule has 0 saturated heterocycles. The standard InChI is InChI=1S/C13H17NO2/c1-4-7-11-9-6-8-10(3)12(11)14-13(15)16-5-2/h4,6-9H,5H2,1-3H3,(H,14,15). The second-order valence-electron chi connectivity index (χ2n) is 3.38. The Balaban J connectivity index is 2.96. The molecule has 16 heavy (non-hydrogen) atoms. The molecule has 1 amide bonds. The molecule has 0 aliphatic rings.